The zero-order valence-corrected chi connectivity index (χ0v) is 6.24. The molecule has 0 bridgehead atoms. The number of benzene rings is 1. The highest BCUT2D eigenvalue weighted by atomic mass is 19.1. The molecule has 12 heavy (non-hydrogen) atoms. The van der Waals surface area contributed by atoms with Crippen molar-refractivity contribution in [1.82, 2.24) is 0 Å². The van der Waals surface area contributed by atoms with Crippen LogP contribution in [0.4, 0.5) is 4.39 Å². The van der Waals surface area contributed by atoms with Crippen molar-refractivity contribution in [1.29, 1.82) is 0 Å². The summed E-state index contributed by atoms with van der Waals surface area (Å²) in [6, 6.07) is 7.86. The average molecular weight is 166 g/mol. The highest BCUT2D eigenvalue weighted by Crippen LogP contribution is 2.16. The van der Waals surface area contributed by atoms with Gasteiger partial charge in [-0.25, -0.2) is 4.39 Å². The van der Waals surface area contributed by atoms with Crippen molar-refractivity contribution in [3.05, 3.63) is 35.9 Å². The summed E-state index contributed by atoms with van der Waals surface area (Å²) < 4.78 is 12.9. The molecular formula is C9H7FO2. The van der Waals surface area contributed by atoms with E-state index in [0.29, 0.717) is 0 Å². The predicted octanol–water partition coefficient (Wildman–Crippen LogP) is 1.47. The Morgan fingerprint density at radius 1 is 1.33 bits per heavy atom. The van der Waals surface area contributed by atoms with Gasteiger partial charge in [0.1, 0.15) is 0 Å². The number of aldehydes is 1. The Hall–Kier alpha value is -1.51. The van der Waals surface area contributed by atoms with E-state index in [1.807, 2.05) is 0 Å². The molecule has 0 aliphatic rings. The second kappa shape index (κ2) is 3.76. The Morgan fingerprint density at radius 2 is 1.92 bits per heavy atom. The van der Waals surface area contributed by atoms with E-state index in [0.717, 1.165) is 0 Å². The van der Waals surface area contributed by atoms with Crippen LogP contribution in [0.2, 0.25) is 0 Å². The molecule has 0 aliphatic heterocycles. The van der Waals surface area contributed by atoms with Crippen LogP contribution in [-0.4, -0.2) is 12.1 Å². The second-order valence-corrected chi connectivity index (χ2v) is 2.29. The maximum atomic E-state index is 12.9. The monoisotopic (exact) mass is 166 g/mol. The number of hydrogen-bond acceptors (Lipinski definition) is 2. The minimum Gasteiger partial charge on any atom is -0.294 e. The molecule has 0 radical (unpaired) electrons. The SMILES string of the molecule is O=CC(=O)C(F)c1ccccc1. The number of Topliss-reactive ketones (excluding diaryl/α,β-unsaturated/α-hetero) is 1. The standard InChI is InChI=1S/C9H7FO2/c10-9(8(12)6-11)7-4-2-1-3-5-7/h1-6,9H. The third kappa shape index (κ3) is 1.75. The minimum atomic E-state index is -1.82. The number of alkyl halides is 1. The van der Waals surface area contributed by atoms with E-state index < -0.39 is 12.0 Å². The van der Waals surface area contributed by atoms with E-state index in [9.17, 15) is 14.0 Å². The number of carbonyl (C=O) groups excluding carboxylic acids is 2. The lowest BCUT2D eigenvalue weighted by Crippen LogP contribution is -2.08. The van der Waals surface area contributed by atoms with Crippen molar-refractivity contribution in [2.45, 2.75) is 6.17 Å². The van der Waals surface area contributed by atoms with Gasteiger partial charge in [0.05, 0.1) is 0 Å². The summed E-state index contributed by atoms with van der Waals surface area (Å²) in [6.07, 6.45) is -1.82. The van der Waals surface area contributed by atoms with Crippen LogP contribution < -0.4 is 0 Å². The van der Waals surface area contributed by atoms with Gasteiger partial charge in [0.15, 0.2) is 12.5 Å². The van der Waals surface area contributed by atoms with E-state index in [4.69, 9.17) is 0 Å². The van der Waals surface area contributed by atoms with Gasteiger partial charge in [-0.1, -0.05) is 30.3 Å². The fourth-order valence-electron chi connectivity index (χ4n) is 0.846. The van der Waals surface area contributed by atoms with Gasteiger partial charge in [-0.05, 0) is 5.56 Å². The lowest BCUT2D eigenvalue weighted by molar-refractivity contribution is -0.133. The number of halogens is 1. The molecule has 62 valence electrons. The van der Waals surface area contributed by atoms with E-state index in [-0.39, 0.29) is 11.8 Å². The smallest absolute Gasteiger partial charge is 0.233 e. The summed E-state index contributed by atoms with van der Waals surface area (Å²) in [6.45, 7) is 0. The number of carbonyl (C=O) groups is 2. The summed E-state index contributed by atoms with van der Waals surface area (Å²) in [7, 11) is 0. The third-order valence-electron chi connectivity index (χ3n) is 1.46. The van der Waals surface area contributed by atoms with Crippen molar-refractivity contribution in [2.24, 2.45) is 0 Å². The molecule has 1 unspecified atom stereocenters. The van der Waals surface area contributed by atoms with E-state index in [1.165, 1.54) is 12.1 Å². The lowest BCUT2D eigenvalue weighted by atomic mass is 10.1. The molecule has 0 saturated heterocycles. The van der Waals surface area contributed by atoms with Crippen LogP contribution in [0.1, 0.15) is 11.7 Å². The predicted molar refractivity (Wildman–Crippen MR) is 41.4 cm³/mol. The molecule has 1 aromatic rings. The molecular weight excluding hydrogens is 159 g/mol. The molecule has 0 aliphatic carbocycles. The maximum Gasteiger partial charge on any atom is 0.233 e. The molecule has 0 heterocycles. The zero-order chi connectivity index (χ0) is 8.97. The van der Waals surface area contributed by atoms with Crippen LogP contribution in [0.5, 0.6) is 0 Å². The molecule has 2 nitrogen and oxygen atoms in total. The van der Waals surface area contributed by atoms with Crippen LogP contribution >= 0.6 is 0 Å². The zero-order valence-electron chi connectivity index (χ0n) is 6.24. The first-order valence-electron chi connectivity index (χ1n) is 3.43. The van der Waals surface area contributed by atoms with Crippen molar-refractivity contribution in [3.63, 3.8) is 0 Å². The van der Waals surface area contributed by atoms with Gasteiger partial charge in [-0.2, -0.15) is 0 Å². The lowest BCUT2D eigenvalue weighted by Gasteiger charge is -2.01. The summed E-state index contributed by atoms with van der Waals surface area (Å²) in [5, 5.41) is 0. The Balaban J connectivity index is 2.85. The van der Waals surface area contributed by atoms with Crippen LogP contribution in [0.15, 0.2) is 30.3 Å². The molecule has 1 atom stereocenters. The Kier molecular flexibility index (Phi) is 2.69. The molecule has 1 aromatic carbocycles. The van der Waals surface area contributed by atoms with E-state index in [2.05, 4.69) is 0 Å². The normalized spacial score (nSPS) is 12.1. The largest absolute Gasteiger partial charge is 0.294 e. The Bertz CT molecular complexity index is 282. The number of ketones is 1. The highest BCUT2D eigenvalue weighted by Gasteiger charge is 2.17. The molecule has 0 aromatic heterocycles. The van der Waals surface area contributed by atoms with Gasteiger partial charge < -0.3 is 0 Å². The van der Waals surface area contributed by atoms with Crippen LogP contribution in [0, 0.1) is 0 Å². The molecule has 0 spiro atoms. The van der Waals surface area contributed by atoms with Crippen LogP contribution in [0.3, 0.4) is 0 Å². The van der Waals surface area contributed by atoms with Crippen LogP contribution in [0.25, 0.3) is 0 Å². The summed E-state index contributed by atoms with van der Waals surface area (Å²) >= 11 is 0. The first-order valence-corrected chi connectivity index (χ1v) is 3.43. The summed E-state index contributed by atoms with van der Waals surface area (Å²) in [5.74, 6) is -1.04. The summed E-state index contributed by atoms with van der Waals surface area (Å²) in [5.41, 5.74) is 0.217. The van der Waals surface area contributed by atoms with Gasteiger partial charge in [0, 0.05) is 0 Å². The van der Waals surface area contributed by atoms with Crippen LogP contribution in [-0.2, 0) is 9.59 Å². The number of rotatable bonds is 3. The minimum absolute atomic E-state index is 0.00231. The topological polar surface area (TPSA) is 34.1 Å². The average Bonchev–Trinajstić information content (AvgIpc) is 2.17. The van der Waals surface area contributed by atoms with Gasteiger partial charge in [-0.15, -0.1) is 0 Å². The third-order valence-corrected chi connectivity index (χ3v) is 1.46. The fourth-order valence-corrected chi connectivity index (χ4v) is 0.846. The van der Waals surface area contributed by atoms with Gasteiger partial charge in [-0.3, -0.25) is 9.59 Å². The van der Waals surface area contributed by atoms with E-state index >= 15 is 0 Å². The highest BCUT2D eigenvalue weighted by molar-refractivity contribution is 6.27. The van der Waals surface area contributed by atoms with Gasteiger partial charge in [0.2, 0.25) is 5.78 Å². The van der Waals surface area contributed by atoms with Crippen molar-refractivity contribution in [3.8, 4) is 0 Å². The first kappa shape index (κ1) is 8.59. The van der Waals surface area contributed by atoms with Crippen molar-refractivity contribution in [2.75, 3.05) is 0 Å². The first-order chi connectivity index (χ1) is 5.75. The molecule has 1 rings (SSSR count). The molecule has 0 fully saturated rings. The Morgan fingerprint density at radius 3 is 2.42 bits per heavy atom. The van der Waals surface area contributed by atoms with Gasteiger partial charge >= 0.3 is 0 Å². The summed E-state index contributed by atoms with van der Waals surface area (Å²) in [4.78, 5) is 20.5. The fraction of sp³-hybridized carbons (Fsp3) is 0.111. The molecule has 0 N–H and O–H groups in total. The Labute approximate surface area is 69.0 Å². The van der Waals surface area contributed by atoms with Crippen molar-refractivity contribution < 1.29 is 14.0 Å². The van der Waals surface area contributed by atoms with Crippen molar-refractivity contribution >= 4 is 12.1 Å². The quantitative estimate of drug-likeness (QED) is 0.503. The maximum absolute atomic E-state index is 12.9. The molecule has 0 amide bonds. The molecule has 0 saturated carbocycles. The molecule has 3 heteroatoms. The van der Waals surface area contributed by atoms with E-state index in [1.54, 1.807) is 18.2 Å². The second-order valence-electron chi connectivity index (χ2n) is 2.29. The van der Waals surface area contributed by atoms with Gasteiger partial charge in [0.25, 0.3) is 0 Å². The number of hydrogen-bond donors (Lipinski definition) is 0.